The van der Waals surface area contributed by atoms with Crippen LogP contribution < -0.4 is 5.32 Å². The van der Waals surface area contributed by atoms with Crippen molar-refractivity contribution in [2.24, 2.45) is 0 Å². The van der Waals surface area contributed by atoms with Gasteiger partial charge in [0.1, 0.15) is 0 Å². The van der Waals surface area contributed by atoms with Gasteiger partial charge >= 0.3 is 0 Å². The van der Waals surface area contributed by atoms with Crippen LogP contribution in [0.5, 0.6) is 0 Å². The predicted molar refractivity (Wildman–Crippen MR) is 66.1 cm³/mol. The Morgan fingerprint density at radius 3 is 3.06 bits per heavy atom. The van der Waals surface area contributed by atoms with Crippen molar-refractivity contribution >= 4 is 16.6 Å². The van der Waals surface area contributed by atoms with E-state index in [1.54, 1.807) is 6.20 Å². The second-order valence-electron chi connectivity index (χ2n) is 3.73. The molecule has 0 spiro atoms. The summed E-state index contributed by atoms with van der Waals surface area (Å²) in [5.74, 6) is 3.42. The first-order valence-electron chi connectivity index (χ1n) is 5.21. The van der Waals surface area contributed by atoms with E-state index in [0.717, 1.165) is 16.6 Å². The van der Waals surface area contributed by atoms with E-state index >= 15 is 0 Å². The minimum absolute atomic E-state index is 0.199. The van der Waals surface area contributed by atoms with Crippen LogP contribution >= 0.6 is 0 Å². The highest BCUT2D eigenvalue weighted by atomic mass is 15.2. The largest absolute Gasteiger partial charge is 0.365 e. The lowest BCUT2D eigenvalue weighted by Crippen LogP contribution is -2.15. The second-order valence-corrected chi connectivity index (χ2v) is 3.73. The van der Waals surface area contributed by atoms with Crippen molar-refractivity contribution in [2.45, 2.75) is 19.4 Å². The summed E-state index contributed by atoms with van der Waals surface area (Å²) in [5, 5.41) is 13.5. The molecular weight excluding hydrogens is 198 g/mol. The van der Waals surface area contributed by atoms with Gasteiger partial charge in [-0.15, -0.1) is 17.4 Å². The molecule has 2 rings (SSSR count). The van der Waals surface area contributed by atoms with Gasteiger partial charge in [0.2, 0.25) is 0 Å². The topological polar surface area (TPSA) is 37.8 Å². The molecule has 1 aromatic heterocycles. The number of aromatic nitrogens is 2. The lowest BCUT2D eigenvalue weighted by molar-refractivity contribution is 0.817. The molecular formula is C13H13N3. The van der Waals surface area contributed by atoms with E-state index < -0.39 is 0 Å². The Morgan fingerprint density at radius 1 is 1.44 bits per heavy atom. The van der Waals surface area contributed by atoms with Crippen molar-refractivity contribution in [2.75, 3.05) is 5.32 Å². The lowest BCUT2D eigenvalue weighted by Gasteiger charge is -2.12. The fourth-order valence-electron chi connectivity index (χ4n) is 1.60. The predicted octanol–water partition coefficient (Wildman–Crippen LogP) is 2.45. The Hall–Kier alpha value is -2.08. The molecule has 1 heterocycles. The third-order valence-electron chi connectivity index (χ3n) is 2.38. The number of benzene rings is 1. The third-order valence-corrected chi connectivity index (χ3v) is 2.38. The molecule has 0 aliphatic heterocycles. The molecule has 0 amide bonds. The van der Waals surface area contributed by atoms with Crippen LogP contribution in [0.4, 0.5) is 5.82 Å². The van der Waals surface area contributed by atoms with Crippen LogP contribution in [0.3, 0.4) is 0 Å². The number of hydrogen-bond donors (Lipinski definition) is 1. The maximum atomic E-state index is 5.27. The zero-order valence-corrected chi connectivity index (χ0v) is 9.14. The molecule has 1 aromatic carbocycles. The standard InChI is InChI=1S/C13H13N3/c1-3-6-10(2)15-13-12-8-5-4-7-11(12)9-14-16-13/h1,4-5,7-10H,6H2,2H3,(H,15,16). The summed E-state index contributed by atoms with van der Waals surface area (Å²) in [6.45, 7) is 2.03. The normalized spacial score (nSPS) is 12.0. The fraction of sp³-hybridized carbons (Fsp3) is 0.231. The van der Waals surface area contributed by atoms with Gasteiger partial charge in [-0.05, 0) is 6.92 Å². The Morgan fingerprint density at radius 2 is 2.25 bits per heavy atom. The van der Waals surface area contributed by atoms with Crippen LogP contribution in [0.2, 0.25) is 0 Å². The van der Waals surface area contributed by atoms with Gasteiger partial charge in [0.25, 0.3) is 0 Å². The molecule has 1 N–H and O–H groups in total. The van der Waals surface area contributed by atoms with Gasteiger partial charge in [0.15, 0.2) is 5.82 Å². The number of terminal acetylenes is 1. The highest BCUT2D eigenvalue weighted by Crippen LogP contribution is 2.19. The summed E-state index contributed by atoms with van der Waals surface area (Å²) in [6.07, 6.45) is 7.70. The van der Waals surface area contributed by atoms with Gasteiger partial charge in [-0.1, -0.05) is 24.3 Å². The van der Waals surface area contributed by atoms with Gasteiger partial charge < -0.3 is 5.32 Å². The Labute approximate surface area is 94.9 Å². The molecule has 3 heteroatoms. The summed E-state index contributed by atoms with van der Waals surface area (Å²) >= 11 is 0. The van der Waals surface area contributed by atoms with Crippen molar-refractivity contribution in [3.05, 3.63) is 30.5 Å². The first kappa shape index (κ1) is 10.4. The van der Waals surface area contributed by atoms with Crippen molar-refractivity contribution in [1.82, 2.24) is 10.2 Å². The van der Waals surface area contributed by atoms with Crippen LogP contribution in [0.15, 0.2) is 30.5 Å². The molecule has 2 aromatic rings. The summed E-state index contributed by atoms with van der Waals surface area (Å²) < 4.78 is 0. The molecule has 0 fully saturated rings. The van der Waals surface area contributed by atoms with Gasteiger partial charge in [0.05, 0.1) is 6.20 Å². The number of nitrogens with one attached hydrogen (secondary N) is 1. The highest BCUT2D eigenvalue weighted by Gasteiger charge is 2.05. The third kappa shape index (κ3) is 2.12. The summed E-state index contributed by atoms with van der Waals surface area (Å²) in [7, 11) is 0. The van der Waals surface area contributed by atoms with E-state index in [9.17, 15) is 0 Å². The molecule has 0 radical (unpaired) electrons. The number of anilines is 1. The molecule has 16 heavy (non-hydrogen) atoms. The number of hydrogen-bond acceptors (Lipinski definition) is 3. The highest BCUT2D eigenvalue weighted by molar-refractivity contribution is 5.90. The summed E-state index contributed by atoms with van der Waals surface area (Å²) in [4.78, 5) is 0. The first-order valence-corrected chi connectivity index (χ1v) is 5.21. The zero-order valence-electron chi connectivity index (χ0n) is 9.14. The van der Waals surface area contributed by atoms with E-state index in [2.05, 4.69) is 21.4 Å². The quantitative estimate of drug-likeness (QED) is 0.792. The molecule has 0 saturated heterocycles. The van der Waals surface area contributed by atoms with Crippen LogP contribution in [0.25, 0.3) is 10.8 Å². The van der Waals surface area contributed by atoms with E-state index in [0.29, 0.717) is 6.42 Å². The van der Waals surface area contributed by atoms with Crippen molar-refractivity contribution in [1.29, 1.82) is 0 Å². The average Bonchev–Trinajstić information content (AvgIpc) is 2.30. The molecule has 0 aliphatic carbocycles. The smallest absolute Gasteiger partial charge is 0.156 e. The second kappa shape index (κ2) is 4.63. The molecule has 3 nitrogen and oxygen atoms in total. The van der Waals surface area contributed by atoms with Crippen LogP contribution in [-0.2, 0) is 0 Å². The molecule has 1 unspecified atom stereocenters. The number of nitrogens with zero attached hydrogens (tertiary/aromatic N) is 2. The SMILES string of the molecule is C#CCC(C)Nc1nncc2ccccc12. The molecule has 1 atom stereocenters. The molecule has 0 saturated carbocycles. The molecule has 0 bridgehead atoms. The number of rotatable bonds is 3. The van der Waals surface area contributed by atoms with E-state index in [1.165, 1.54) is 0 Å². The Bertz CT molecular complexity index is 523. The van der Waals surface area contributed by atoms with E-state index in [4.69, 9.17) is 6.42 Å². The molecule has 80 valence electrons. The summed E-state index contributed by atoms with van der Waals surface area (Å²) in [6, 6.07) is 8.21. The summed E-state index contributed by atoms with van der Waals surface area (Å²) in [5.41, 5.74) is 0. The monoisotopic (exact) mass is 211 g/mol. The van der Waals surface area contributed by atoms with Crippen LogP contribution in [0.1, 0.15) is 13.3 Å². The van der Waals surface area contributed by atoms with Crippen LogP contribution in [0, 0.1) is 12.3 Å². The van der Waals surface area contributed by atoms with Gasteiger partial charge in [0, 0.05) is 23.2 Å². The van der Waals surface area contributed by atoms with E-state index in [1.807, 2.05) is 31.2 Å². The average molecular weight is 211 g/mol. The molecule has 0 aliphatic rings. The van der Waals surface area contributed by atoms with E-state index in [-0.39, 0.29) is 6.04 Å². The van der Waals surface area contributed by atoms with Crippen molar-refractivity contribution < 1.29 is 0 Å². The first-order chi connectivity index (χ1) is 7.81. The zero-order chi connectivity index (χ0) is 11.4. The Balaban J connectivity index is 2.34. The minimum atomic E-state index is 0.199. The van der Waals surface area contributed by atoms with Crippen LogP contribution in [-0.4, -0.2) is 16.2 Å². The fourth-order valence-corrected chi connectivity index (χ4v) is 1.60. The number of fused-ring (bicyclic) bond motifs is 1. The van der Waals surface area contributed by atoms with Crippen molar-refractivity contribution in [3.8, 4) is 12.3 Å². The Kier molecular flexibility index (Phi) is 3.02. The van der Waals surface area contributed by atoms with Crippen molar-refractivity contribution in [3.63, 3.8) is 0 Å². The lowest BCUT2D eigenvalue weighted by atomic mass is 10.2. The maximum Gasteiger partial charge on any atom is 0.156 e. The minimum Gasteiger partial charge on any atom is -0.365 e. The van der Waals surface area contributed by atoms with Gasteiger partial charge in [-0.2, -0.15) is 5.10 Å². The maximum absolute atomic E-state index is 5.27. The van der Waals surface area contributed by atoms with Gasteiger partial charge in [-0.25, -0.2) is 0 Å². The van der Waals surface area contributed by atoms with Gasteiger partial charge in [-0.3, -0.25) is 0 Å².